The molecule has 110 valence electrons. The van der Waals surface area contributed by atoms with Crippen LogP contribution in [0.15, 0.2) is 24.3 Å². The lowest BCUT2D eigenvalue weighted by Gasteiger charge is -2.55. The predicted molar refractivity (Wildman–Crippen MR) is 78.1 cm³/mol. The number of hydrogen-bond acceptors (Lipinski definition) is 4. The lowest BCUT2D eigenvalue weighted by molar-refractivity contribution is -0.0923. The molecule has 4 heteroatoms. The third-order valence-corrected chi connectivity index (χ3v) is 4.64. The maximum absolute atomic E-state index is 8.74. The van der Waals surface area contributed by atoms with E-state index in [2.05, 4.69) is 19.2 Å². The van der Waals surface area contributed by atoms with E-state index in [4.69, 9.17) is 14.6 Å². The maximum Gasteiger partial charge on any atom is 0.119 e. The highest BCUT2D eigenvalue weighted by atomic mass is 16.5. The molecule has 3 atom stereocenters. The molecule has 1 heterocycles. The first-order valence-corrected chi connectivity index (χ1v) is 7.35. The Morgan fingerprint density at radius 2 is 2.10 bits per heavy atom. The topological polar surface area (TPSA) is 50.7 Å². The quantitative estimate of drug-likeness (QED) is 0.867. The zero-order valence-electron chi connectivity index (χ0n) is 12.1. The van der Waals surface area contributed by atoms with Gasteiger partial charge < -0.3 is 19.9 Å². The van der Waals surface area contributed by atoms with Crippen LogP contribution < -0.4 is 10.1 Å². The number of benzene rings is 1. The fourth-order valence-electron chi connectivity index (χ4n) is 3.61. The summed E-state index contributed by atoms with van der Waals surface area (Å²) in [4.78, 5) is 0. The largest absolute Gasteiger partial charge is 0.491 e. The second kappa shape index (κ2) is 5.26. The van der Waals surface area contributed by atoms with Crippen LogP contribution in [0.4, 0.5) is 5.69 Å². The standard InChI is InChI=1S/C16H23NO3/c1-16(2)14(13-7-9-20-15(13)16)17-11-3-5-12(6-4-11)19-10-8-18/h3-6,13-15,17-18H,7-10H2,1-2H3. The molecule has 4 nitrogen and oxygen atoms in total. The first kappa shape index (κ1) is 13.7. The molecule has 1 aromatic rings. The van der Waals surface area contributed by atoms with E-state index in [0.29, 0.717) is 24.7 Å². The van der Waals surface area contributed by atoms with Gasteiger partial charge in [0.25, 0.3) is 0 Å². The van der Waals surface area contributed by atoms with Crippen LogP contribution in [0.3, 0.4) is 0 Å². The normalized spacial score (nSPS) is 30.4. The molecule has 1 aromatic carbocycles. The first-order valence-electron chi connectivity index (χ1n) is 7.35. The second-order valence-corrected chi connectivity index (χ2v) is 6.28. The summed E-state index contributed by atoms with van der Waals surface area (Å²) >= 11 is 0. The van der Waals surface area contributed by atoms with Crippen molar-refractivity contribution >= 4 is 5.69 Å². The third kappa shape index (κ3) is 2.27. The minimum absolute atomic E-state index is 0.0410. The summed E-state index contributed by atoms with van der Waals surface area (Å²) < 4.78 is 11.2. The molecule has 2 N–H and O–H groups in total. The van der Waals surface area contributed by atoms with Crippen molar-refractivity contribution in [3.8, 4) is 5.75 Å². The number of ether oxygens (including phenoxy) is 2. The molecule has 1 aliphatic heterocycles. The van der Waals surface area contributed by atoms with Crippen LogP contribution in [0.2, 0.25) is 0 Å². The fraction of sp³-hybridized carbons (Fsp3) is 0.625. The molecule has 20 heavy (non-hydrogen) atoms. The van der Waals surface area contributed by atoms with Gasteiger partial charge in [-0.25, -0.2) is 0 Å². The molecule has 1 saturated carbocycles. The molecule has 0 spiro atoms. The number of rotatable bonds is 5. The van der Waals surface area contributed by atoms with Crippen LogP contribution >= 0.6 is 0 Å². The Labute approximate surface area is 120 Å². The minimum Gasteiger partial charge on any atom is -0.491 e. The Kier molecular flexibility index (Phi) is 3.61. The van der Waals surface area contributed by atoms with E-state index < -0.39 is 0 Å². The van der Waals surface area contributed by atoms with Gasteiger partial charge >= 0.3 is 0 Å². The number of fused-ring (bicyclic) bond motifs is 1. The lowest BCUT2D eigenvalue weighted by Crippen LogP contribution is -2.63. The van der Waals surface area contributed by atoms with Crippen LogP contribution in [-0.4, -0.2) is 37.1 Å². The van der Waals surface area contributed by atoms with Crippen molar-refractivity contribution < 1.29 is 14.6 Å². The molecule has 0 aromatic heterocycles. The summed E-state index contributed by atoms with van der Waals surface area (Å²) in [5.74, 6) is 1.43. The van der Waals surface area contributed by atoms with Gasteiger partial charge in [0, 0.05) is 29.7 Å². The van der Waals surface area contributed by atoms with E-state index in [0.717, 1.165) is 24.5 Å². The highest BCUT2D eigenvalue weighted by Gasteiger charge is 2.59. The van der Waals surface area contributed by atoms with E-state index in [1.165, 1.54) is 0 Å². The summed E-state index contributed by atoms with van der Waals surface area (Å²) in [5.41, 5.74) is 1.30. The van der Waals surface area contributed by atoms with Gasteiger partial charge in [0.05, 0.1) is 12.7 Å². The molecule has 0 bridgehead atoms. The van der Waals surface area contributed by atoms with Crippen LogP contribution in [0.1, 0.15) is 20.3 Å². The Hall–Kier alpha value is -1.26. The van der Waals surface area contributed by atoms with Crippen LogP contribution in [0, 0.1) is 11.3 Å². The highest BCUT2D eigenvalue weighted by Crippen LogP contribution is 2.53. The number of aliphatic hydroxyl groups is 1. The first-order chi connectivity index (χ1) is 9.63. The van der Waals surface area contributed by atoms with Crippen molar-refractivity contribution in [2.45, 2.75) is 32.4 Å². The average Bonchev–Trinajstić information content (AvgIpc) is 2.91. The number of anilines is 1. The average molecular weight is 277 g/mol. The predicted octanol–water partition coefficient (Wildman–Crippen LogP) is 2.28. The van der Waals surface area contributed by atoms with Crippen molar-refractivity contribution in [2.24, 2.45) is 11.3 Å². The summed E-state index contributed by atoms with van der Waals surface area (Å²) in [6.07, 6.45) is 1.57. The Morgan fingerprint density at radius 3 is 2.80 bits per heavy atom. The summed E-state index contributed by atoms with van der Waals surface area (Å²) in [5, 5.41) is 12.4. The van der Waals surface area contributed by atoms with Crippen LogP contribution in [0.25, 0.3) is 0 Å². The third-order valence-electron chi connectivity index (χ3n) is 4.64. The van der Waals surface area contributed by atoms with Crippen molar-refractivity contribution in [3.05, 3.63) is 24.3 Å². The van der Waals surface area contributed by atoms with E-state index in [1.807, 2.05) is 24.3 Å². The van der Waals surface area contributed by atoms with Crippen molar-refractivity contribution in [3.63, 3.8) is 0 Å². The smallest absolute Gasteiger partial charge is 0.119 e. The Balaban J connectivity index is 1.63. The summed E-state index contributed by atoms with van der Waals surface area (Å²) in [6.45, 7) is 5.82. The highest BCUT2D eigenvalue weighted by molar-refractivity contribution is 5.48. The maximum atomic E-state index is 8.74. The fourth-order valence-corrected chi connectivity index (χ4v) is 3.61. The molecule has 2 aliphatic rings. The van der Waals surface area contributed by atoms with Gasteiger partial charge in [-0.1, -0.05) is 13.8 Å². The van der Waals surface area contributed by atoms with Crippen molar-refractivity contribution in [1.82, 2.24) is 0 Å². The molecule has 3 rings (SSSR count). The second-order valence-electron chi connectivity index (χ2n) is 6.28. The van der Waals surface area contributed by atoms with E-state index >= 15 is 0 Å². The molecule has 3 unspecified atom stereocenters. The SMILES string of the molecule is CC1(C)C(Nc2ccc(OCCO)cc2)C2CCOC21. The lowest BCUT2D eigenvalue weighted by atomic mass is 9.57. The molecule has 0 radical (unpaired) electrons. The molecule has 2 fully saturated rings. The van der Waals surface area contributed by atoms with Crippen LogP contribution in [0.5, 0.6) is 5.75 Å². The van der Waals surface area contributed by atoms with E-state index in [1.54, 1.807) is 0 Å². The number of hydrogen-bond donors (Lipinski definition) is 2. The van der Waals surface area contributed by atoms with Gasteiger partial charge in [-0.05, 0) is 30.7 Å². The Bertz CT molecular complexity index is 457. The number of aliphatic hydroxyl groups excluding tert-OH is 1. The van der Waals surface area contributed by atoms with Gasteiger partial charge in [-0.15, -0.1) is 0 Å². The van der Waals surface area contributed by atoms with Crippen molar-refractivity contribution in [2.75, 3.05) is 25.1 Å². The minimum atomic E-state index is 0.0410. The van der Waals surface area contributed by atoms with Gasteiger partial charge in [0.1, 0.15) is 12.4 Å². The molecule has 1 saturated heterocycles. The van der Waals surface area contributed by atoms with Gasteiger partial charge in [-0.2, -0.15) is 0 Å². The zero-order chi connectivity index (χ0) is 14.2. The van der Waals surface area contributed by atoms with E-state index in [-0.39, 0.29) is 12.0 Å². The molecule has 0 amide bonds. The van der Waals surface area contributed by atoms with Gasteiger partial charge in [0.15, 0.2) is 0 Å². The van der Waals surface area contributed by atoms with Crippen molar-refractivity contribution in [1.29, 1.82) is 0 Å². The summed E-state index contributed by atoms with van der Waals surface area (Å²) in [7, 11) is 0. The van der Waals surface area contributed by atoms with E-state index in [9.17, 15) is 0 Å². The molecular formula is C16H23NO3. The Morgan fingerprint density at radius 1 is 1.35 bits per heavy atom. The van der Waals surface area contributed by atoms with Crippen LogP contribution in [-0.2, 0) is 4.74 Å². The number of nitrogens with one attached hydrogen (secondary N) is 1. The molecular weight excluding hydrogens is 254 g/mol. The van der Waals surface area contributed by atoms with Gasteiger partial charge in [-0.3, -0.25) is 0 Å². The van der Waals surface area contributed by atoms with Gasteiger partial charge in [0.2, 0.25) is 0 Å². The molecule has 1 aliphatic carbocycles. The zero-order valence-corrected chi connectivity index (χ0v) is 12.1. The monoisotopic (exact) mass is 277 g/mol. The summed E-state index contributed by atoms with van der Waals surface area (Å²) in [6, 6.07) is 8.41.